The number of carbonyl (C=O) groups is 2. The van der Waals surface area contributed by atoms with Crippen LogP contribution in [0, 0.1) is 0 Å². The molecule has 0 aliphatic rings. The number of nitrogens with two attached hydrogens (primary N) is 1. The average molecular weight is 223 g/mol. The van der Waals surface area contributed by atoms with Crippen LogP contribution in [0.1, 0.15) is 10.4 Å². The molecule has 5 N–H and O–H groups in total. The topological polar surface area (TPSA) is 104 Å². The molecule has 0 unspecified atom stereocenters. The van der Waals surface area contributed by atoms with E-state index in [1.807, 2.05) is 0 Å². The van der Waals surface area contributed by atoms with Gasteiger partial charge < -0.3 is 21.5 Å². The zero-order valence-electron chi connectivity index (χ0n) is 8.78. The second-order valence-electron chi connectivity index (χ2n) is 3.13. The molecular formula is C10H13N3O3. The summed E-state index contributed by atoms with van der Waals surface area (Å²) in [6.45, 7) is -0.249. The maximum atomic E-state index is 11.3. The van der Waals surface area contributed by atoms with Crippen molar-refractivity contribution in [3.63, 3.8) is 0 Å². The lowest BCUT2D eigenvalue weighted by Gasteiger charge is -2.09. The highest BCUT2D eigenvalue weighted by Gasteiger charge is 2.07. The molecule has 0 heterocycles. The lowest BCUT2D eigenvalue weighted by molar-refractivity contribution is -0.134. The van der Waals surface area contributed by atoms with Crippen molar-refractivity contribution in [3.05, 3.63) is 23.8 Å². The molecule has 1 aromatic carbocycles. The second kappa shape index (κ2) is 5.01. The number of aliphatic carboxylic acids is 1. The van der Waals surface area contributed by atoms with Gasteiger partial charge in [-0.25, -0.2) is 0 Å². The Labute approximate surface area is 92.4 Å². The molecule has 0 fully saturated rings. The highest BCUT2D eigenvalue weighted by atomic mass is 16.4. The minimum atomic E-state index is -0.996. The van der Waals surface area contributed by atoms with Crippen molar-refractivity contribution in [3.8, 4) is 0 Å². The minimum absolute atomic E-state index is 0.249. The molecule has 6 nitrogen and oxygen atoms in total. The van der Waals surface area contributed by atoms with Crippen LogP contribution >= 0.6 is 0 Å². The molecule has 0 radical (unpaired) electrons. The van der Waals surface area contributed by atoms with Crippen LogP contribution in [0.25, 0.3) is 0 Å². The summed E-state index contributed by atoms with van der Waals surface area (Å²) in [7, 11) is 1.52. The predicted molar refractivity (Wildman–Crippen MR) is 60.4 cm³/mol. The van der Waals surface area contributed by atoms with Gasteiger partial charge in [0.05, 0.1) is 11.4 Å². The molecule has 1 aromatic rings. The fourth-order valence-electron chi connectivity index (χ4n) is 1.17. The van der Waals surface area contributed by atoms with E-state index >= 15 is 0 Å². The number of carboxylic acid groups (broad SMARTS) is 1. The largest absolute Gasteiger partial charge is 0.480 e. The number of hydrogen-bond donors (Lipinski definition) is 4. The van der Waals surface area contributed by atoms with E-state index in [0.717, 1.165) is 0 Å². The fraction of sp³-hybridized carbons (Fsp3) is 0.200. The third kappa shape index (κ3) is 2.88. The number of nitrogen functional groups attached to an aromatic ring is 1. The first-order valence-corrected chi connectivity index (χ1v) is 4.62. The first kappa shape index (κ1) is 11.8. The summed E-state index contributed by atoms with van der Waals surface area (Å²) < 4.78 is 0. The van der Waals surface area contributed by atoms with Crippen LogP contribution < -0.4 is 16.4 Å². The van der Waals surface area contributed by atoms with Gasteiger partial charge in [-0.2, -0.15) is 0 Å². The van der Waals surface area contributed by atoms with Gasteiger partial charge in [0, 0.05) is 12.6 Å². The third-order valence-electron chi connectivity index (χ3n) is 1.97. The molecule has 0 saturated carbocycles. The Morgan fingerprint density at radius 3 is 2.69 bits per heavy atom. The van der Waals surface area contributed by atoms with E-state index in [1.165, 1.54) is 13.1 Å². The summed E-state index contributed by atoms with van der Waals surface area (Å²) in [5.41, 5.74) is 6.88. The van der Waals surface area contributed by atoms with E-state index in [9.17, 15) is 9.59 Å². The summed E-state index contributed by atoms with van der Waals surface area (Å²) in [6, 6.07) is 4.63. The van der Waals surface area contributed by atoms with Gasteiger partial charge in [-0.3, -0.25) is 9.59 Å². The highest BCUT2D eigenvalue weighted by molar-refractivity contribution is 5.96. The standard InChI is InChI=1S/C10H13N3O3/c1-12-10(16)6-2-3-7(11)8(4-6)13-5-9(14)15/h2-4,13H,5,11H2,1H3,(H,12,16)(H,14,15). The Balaban J connectivity index is 2.90. The van der Waals surface area contributed by atoms with Gasteiger partial charge in [-0.15, -0.1) is 0 Å². The molecule has 0 bridgehead atoms. The van der Waals surface area contributed by atoms with Crippen LogP contribution in [-0.4, -0.2) is 30.6 Å². The smallest absolute Gasteiger partial charge is 0.322 e. The normalized spacial score (nSPS) is 9.56. The van der Waals surface area contributed by atoms with Crippen molar-refractivity contribution < 1.29 is 14.7 Å². The van der Waals surface area contributed by atoms with Crippen LogP contribution in [-0.2, 0) is 4.79 Å². The third-order valence-corrected chi connectivity index (χ3v) is 1.97. The molecule has 0 spiro atoms. The summed E-state index contributed by atoms with van der Waals surface area (Å²) in [4.78, 5) is 21.7. The summed E-state index contributed by atoms with van der Waals surface area (Å²) in [5.74, 6) is -1.25. The first-order chi connectivity index (χ1) is 7.54. The van der Waals surface area contributed by atoms with Crippen molar-refractivity contribution in [1.82, 2.24) is 5.32 Å². The summed E-state index contributed by atoms with van der Waals surface area (Å²) in [5, 5.41) is 13.6. The number of amides is 1. The van der Waals surface area contributed by atoms with Gasteiger partial charge in [0.15, 0.2) is 0 Å². The van der Waals surface area contributed by atoms with Gasteiger partial charge in [-0.1, -0.05) is 0 Å². The molecule has 0 aliphatic carbocycles. The van der Waals surface area contributed by atoms with E-state index in [2.05, 4.69) is 10.6 Å². The van der Waals surface area contributed by atoms with E-state index in [4.69, 9.17) is 10.8 Å². The SMILES string of the molecule is CNC(=O)c1ccc(N)c(NCC(=O)O)c1. The Kier molecular flexibility index (Phi) is 3.71. The molecule has 16 heavy (non-hydrogen) atoms. The average Bonchev–Trinajstić information content (AvgIpc) is 2.26. The molecular weight excluding hydrogens is 210 g/mol. The highest BCUT2D eigenvalue weighted by Crippen LogP contribution is 2.19. The van der Waals surface area contributed by atoms with Crippen molar-refractivity contribution in [2.24, 2.45) is 0 Å². The van der Waals surface area contributed by atoms with Crippen molar-refractivity contribution in [2.75, 3.05) is 24.6 Å². The molecule has 1 amide bonds. The van der Waals surface area contributed by atoms with Gasteiger partial charge in [0.25, 0.3) is 5.91 Å². The first-order valence-electron chi connectivity index (χ1n) is 4.62. The number of nitrogens with one attached hydrogen (secondary N) is 2. The minimum Gasteiger partial charge on any atom is -0.480 e. The molecule has 0 aliphatic heterocycles. The second-order valence-corrected chi connectivity index (χ2v) is 3.13. The maximum Gasteiger partial charge on any atom is 0.322 e. The number of benzene rings is 1. The molecule has 1 rings (SSSR count). The van der Waals surface area contributed by atoms with Gasteiger partial charge >= 0.3 is 5.97 Å². The van der Waals surface area contributed by atoms with Gasteiger partial charge in [0.1, 0.15) is 6.54 Å². The van der Waals surface area contributed by atoms with Crippen LogP contribution in [0.15, 0.2) is 18.2 Å². The predicted octanol–water partition coefficient (Wildman–Crippen LogP) is 0.125. The van der Waals surface area contributed by atoms with E-state index in [1.54, 1.807) is 12.1 Å². The number of rotatable bonds is 4. The number of hydrogen-bond acceptors (Lipinski definition) is 4. The lowest BCUT2D eigenvalue weighted by Crippen LogP contribution is -2.19. The van der Waals surface area contributed by atoms with E-state index < -0.39 is 5.97 Å². The van der Waals surface area contributed by atoms with Gasteiger partial charge in [-0.05, 0) is 18.2 Å². The zero-order valence-corrected chi connectivity index (χ0v) is 8.78. The fourth-order valence-corrected chi connectivity index (χ4v) is 1.17. The van der Waals surface area contributed by atoms with Crippen molar-refractivity contribution in [2.45, 2.75) is 0 Å². The Morgan fingerprint density at radius 2 is 2.12 bits per heavy atom. The Bertz CT molecular complexity index is 418. The van der Waals surface area contributed by atoms with Gasteiger partial charge in [0.2, 0.25) is 0 Å². The van der Waals surface area contributed by atoms with E-state index in [0.29, 0.717) is 16.9 Å². The van der Waals surface area contributed by atoms with Crippen LogP contribution in [0.4, 0.5) is 11.4 Å². The van der Waals surface area contributed by atoms with Crippen LogP contribution in [0.3, 0.4) is 0 Å². The summed E-state index contributed by atoms with van der Waals surface area (Å²) >= 11 is 0. The molecule has 0 aromatic heterocycles. The number of carboxylic acids is 1. The quantitative estimate of drug-likeness (QED) is 0.543. The van der Waals surface area contributed by atoms with Crippen LogP contribution in [0.5, 0.6) is 0 Å². The molecule has 86 valence electrons. The lowest BCUT2D eigenvalue weighted by atomic mass is 10.1. The van der Waals surface area contributed by atoms with Crippen LogP contribution in [0.2, 0.25) is 0 Å². The Hall–Kier alpha value is -2.24. The molecule has 0 atom stereocenters. The Morgan fingerprint density at radius 1 is 1.44 bits per heavy atom. The van der Waals surface area contributed by atoms with Crippen molar-refractivity contribution in [1.29, 1.82) is 0 Å². The molecule has 6 heteroatoms. The monoisotopic (exact) mass is 223 g/mol. The maximum absolute atomic E-state index is 11.3. The van der Waals surface area contributed by atoms with Crippen molar-refractivity contribution >= 4 is 23.3 Å². The van der Waals surface area contributed by atoms with E-state index in [-0.39, 0.29) is 12.5 Å². The zero-order chi connectivity index (χ0) is 12.1. The number of anilines is 2. The number of carbonyl (C=O) groups excluding carboxylic acids is 1. The summed E-state index contributed by atoms with van der Waals surface area (Å²) in [6.07, 6.45) is 0. The molecule has 0 saturated heterocycles.